The SMILES string of the molecule is Cn1cc([C@@H]2CN(Cc3ccccc3C(C)(C)C#N)C[C@H]2CO)cn1. The van der Waals surface area contributed by atoms with Gasteiger partial charge in [-0.25, -0.2) is 0 Å². The lowest BCUT2D eigenvalue weighted by atomic mass is 9.83. The maximum Gasteiger partial charge on any atom is 0.0769 e. The van der Waals surface area contributed by atoms with Crippen LogP contribution >= 0.6 is 0 Å². The molecule has 2 atom stereocenters. The molecule has 1 aromatic heterocycles. The molecule has 1 fully saturated rings. The Morgan fingerprint density at radius 1 is 1.32 bits per heavy atom. The minimum Gasteiger partial charge on any atom is -0.396 e. The molecule has 132 valence electrons. The molecule has 0 unspecified atom stereocenters. The second-order valence-corrected chi connectivity index (χ2v) is 7.58. The molecule has 1 N–H and O–H groups in total. The largest absolute Gasteiger partial charge is 0.396 e. The average molecular weight is 338 g/mol. The Labute approximate surface area is 149 Å². The van der Waals surface area contributed by atoms with Gasteiger partial charge >= 0.3 is 0 Å². The van der Waals surface area contributed by atoms with Crippen LogP contribution in [0.1, 0.15) is 36.5 Å². The van der Waals surface area contributed by atoms with E-state index >= 15 is 0 Å². The van der Waals surface area contributed by atoms with Crippen LogP contribution in [0.2, 0.25) is 0 Å². The van der Waals surface area contributed by atoms with Crippen molar-refractivity contribution >= 4 is 0 Å². The highest BCUT2D eigenvalue weighted by molar-refractivity contribution is 5.37. The number of hydrogen-bond acceptors (Lipinski definition) is 4. The van der Waals surface area contributed by atoms with E-state index in [-0.39, 0.29) is 12.5 Å². The topological polar surface area (TPSA) is 65.1 Å². The summed E-state index contributed by atoms with van der Waals surface area (Å²) in [5.41, 5.74) is 2.96. The predicted octanol–water partition coefficient (Wildman–Crippen LogP) is 2.43. The number of aromatic nitrogens is 2. The third-order valence-corrected chi connectivity index (χ3v) is 5.27. The van der Waals surface area contributed by atoms with Crippen LogP contribution in [0.4, 0.5) is 0 Å². The van der Waals surface area contributed by atoms with Crippen molar-refractivity contribution in [1.29, 1.82) is 5.26 Å². The lowest BCUT2D eigenvalue weighted by Gasteiger charge is -2.23. The minimum atomic E-state index is -0.505. The molecule has 2 aromatic rings. The monoisotopic (exact) mass is 338 g/mol. The van der Waals surface area contributed by atoms with Gasteiger partial charge in [-0.3, -0.25) is 9.58 Å². The Kier molecular flexibility index (Phi) is 4.94. The highest BCUT2D eigenvalue weighted by atomic mass is 16.3. The smallest absolute Gasteiger partial charge is 0.0769 e. The summed E-state index contributed by atoms with van der Waals surface area (Å²) in [5.74, 6) is 0.523. The van der Waals surface area contributed by atoms with Crippen molar-refractivity contribution in [3.8, 4) is 6.07 Å². The maximum atomic E-state index is 9.81. The summed E-state index contributed by atoms with van der Waals surface area (Å²) < 4.78 is 1.82. The van der Waals surface area contributed by atoms with Crippen molar-refractivity contribution < 1.29 is 5.11 Å². The Bertz CT molecular complexity index is 774. The molecule has 0 bridgehead atoms. The summed E-state index contributed by atoms with van der Waals surface area (Å²) in [6.45, 7) is 6.67. The number of hydrogen-bond donors (Lipinski definition) is 1. The molecule has 5 heteroatoms. The molecular weight excluding hydrogens is 312 g/mol. The second-order valence-electron chi connectivity index (χ2n) is 7.58. The van der Waals surface area contributed by atoms with Gasteiger partial charge in [0.15, 0.2) is 0 Å². The van der Waals surface area contributed by atoms with Crippen LogP contribution in [0.5, 0.6) is 0 Å². The average Bonchev–Trinajstić information content (AvgIpc) is 3.21. The van der Waals surface area contributed by atoms with Gasteiger partial charge in [0, 0.05) is 51.3 Å². The Morgan fingerprint density at radius 2 is 2.08 bits per heavy atom. The molecule has 2 heterocycles. The normalized spacial score (nSPS) is 21.4. The maximum absolute atomic E-state index is 9.81. The number of aliphatic hydroxyl groups is 1. The standard InChI is InChI=1S/C20H26N4O/c1-20(2,14-21)19-7-5-4-6-15(19)10-24-11-17(13-25)18(12-24)16-8-22-23(3)9-16/h4-9,17-18,25H,10-13H2,1-3H3/t17-,18-/m0/s1. The van der Waals surface area contributed by atoms with Gasteiger partial charge in [0.25, 0.3) is 0 Å². The van der Waals surface area contributed by atoms with Crippen molar-refractivity contribution in [1.82, 2.24) is 14.7 Å². The molecule has 0 spiro atoms. The molecular formula is C20H26N4O. The molecule has 3 rings (SSSR count). The highest BCUT2D eigenvalue weighted by Crippen LogP contribution is 2.34. The lowest BCUT2D eigenvalue weighted by Crippen LogP contribution is -2.24. The molecule has 5 nitrogen and oxygen atoms in total. The van der Waals surface area contributed by atoms with Crippen molar-refractivity contribution in [3.63, 3.8) is 0 Å². The summed E-state index contributed by atoms with van der Waals surface area (Å²) in [5, 5.41) is 23.6. The molecule has 0 saturated carbocycles. The fourth-order valence-corrected chi connectivity index (χ4v) is 3.85. The van der Waals surface area contributed by atoms with Gasteiger partial charge in [-0.05, 0) is 30.5 Å². The quantitative estimate of drug-likeness (QED) is 0.909. The first-order valence-electron chi connectivity index (χ1n) is 8.76. The molecule has 0 radical (unpaired) electrons. The van der Waals surface area contributed by atoms with Gasteiger partial charge < -0.3 is 5.11 Å². The summed E-state index contributed by atoms with van der Waals surface area (Å²) in [4.78, 5) is 2.38. The third-order valence-electron chi connectivity index (χ3n) is 5.27. The summed E-state index contributed by atoms with van der Waals surface area (Å²) >= 11 is 0. The molecule has 0 amide bonds. The van der Waals surface area contributed by atoms with Crippen LogP contribution in [0, 0.1) is 17.2 Å². The van der Waals surface area contributed by atoms with E-state index in [0.29, 0.717) is 5.92 Å². The van der Waals surface area contributed by atoms with Gasteiger partial charge in [-0.15, -0.1) is 0 Å². The number of rotatable bonds is 5. The molecule has 1 aliphatic heterocycles. The molecule has 25 heavy (non-hydrogen) atoms. The predicted molar refractivity (Wildman–Crippen MR) is 96.9 cm³/mol. The molecule has 1 saturated heterocycles. The van der Waals surface area contributed by atoms with Crippen LogP contribution < -0.4 is 0 Å². The minimum absolute atomic E-state index is 0.182. The van der Waals surface area contributed by atoms with E-state index in [4.69, 9.17) is 0 Å². The summed E-state index contributed by atoms with van der Waals surface area (Å²) in [6.07, 6.45) is 3.95. The second kappa shape index (κ2) is 6.99. The number of aryl methyl sites for hydroxylation is 1. The molecule has 1 aromatic carbocycles. The van der Waals surface area contributed by atoms with Crippen molar-refractivity contribution in [2.24, 2.45) is 13.0 Å². The zero-order valence-electron chi connectivity index (χ0n) is 15.2. The van der Waals surface area contributed by atoms with Crippen LogP contribution in [0.3, 0.4) is 0 Å². The Balaban J connectivity index is 1.80. The zero-order valence-corrected chi connectivity index (χ0v) is 15.2. The van der Waals surface area contributed by atoms with Crippen LogP contribution in [-0.4, -0.2) is 39.5 Å². The number of likely N-dealkylation sites (tertiary alicyclic amines) is 1. The van der Waals surface area contributed by atoms with Crippen molar-refractivity contribution in [2.45, 2.75) is 31.7 Å². The first-order chi connectivity index (χ1) is 11.9. The van der Waals surface area contributed by atoms with Crippen molar-refractivity contribution in [3.05, 3.63) is 53.3 Å². The van der Waals surface area contributed by atoms with Crippen LogP contribution in [0.25, 0.3) is 0 Å². The summed E-state index contributed by atoms with van der Waals surface area (Å²) in [6, 6.07) is 10.6. The van der Waals surface area contributed by atoms with E-state index in [2.05, 4.69) is 28.2 Å². The van der Waals surface area contributed by atoms with Gasteiger partial charge in [0.1, 0.15) is 0 Å². The first kappa shape index (κ1) is 17.7. The Hall–Kier alpha value is -2.16. The highest BCUT2D eigenvalue weighted by Gasteiger charge is 2.34. The fraction of sp³-hybridized carbons (Fsp3) is 0.500. The number of nitriles is 1. The lowest BCUT2D eigenvalue weighted by molar-refractivity contribution is 0.213. The van der Waals surface area contributed by atoms with Gasteiger partial charge in [-0.2, -0.15) is 10.4 Å². The summed E-state index contributed by atoms with van der Waals surface area (Å²) in [7, 11) is 1.92. The van der Waals surface area contributed by atoms with E-state index in [1.165, 1.54) is 11.1 Å². The fourth-order valence-electron chi connectivity index (χ4n) is 3.85. The van der Waals surface area contributed by atoms with E-state index in [0.717, 1.165) is 25.2 Å². The van der Waals surface area contributed by atoms with Crippen LogP contribution in [0.15, 0.2) is 36.7 Å². The van der Waals surface area contributed by atoms with Gasteiger partial charge in [0.2, 0.25) is 0 Å². The zero-order chi connectivity index (χ0) is 18.0. The van der Waals surface area contributed by atoms with Crippen LogP contribution in [-0.2, 0) is 19.0 Å². The van der Waals surface area contributed by atoms with E-state index in [9.17, 15) is 10.4 Å². The number of aliphatic hydroxyl groups excluding tert-OH is 1. The Morgan fingerprint density at radius 3 is 2.72 bits per heavy atom. The molecule has 0 aliphatic carbocycles. The van der Waals surface area contributed by atoms with Gasteiger partial charge in [-0.1, -0.05) is 24.3 Å². The number of nitrogens with zero attached hydrogens (tertiary/aromatic N) is 4. The first-order valence-corrected chi connectivity index (χ1v) is 8.76. The van der Waals surface area contributed by atoms with E-state index in [1.807, 2.05) is 50.1 Å². The van der Waals surface area contributed by atoms with Crippen molar-refractivity contribution in [2.75, 3.05) is 19.7 Å². The third kappa shape index (κ3) is 3.60. The van der Waals surface area contributed by atoms with Gasteiger partial charge in [0.05, 0.1) is 17.7 Å². The molecule has 1 aliphatic rings. The van der Waals surface area contributed by atoms with E-state index in [1.54, 1.807) is 0 Å². The number of benzene rings is 1. The van der Waals surface area contributed by atoms with E-state index < -0.39 is 5.41 Å².